The van der Waals surface area contributed by atoms with Gasteiger partial charge in [0.2, 0.25) is 6.10 Å². The maximum Gasteiger partial charge on any atom is 0.348 e. The van der Waals surface area contributed by atoms with Gasteiger partial charge in [-0.1, -0.05) is 26.2 Å². The van der Waals surface area contributed by atoms with Gasteiger partial charge in [0, 0.05) is 0 Å². The summed E-state index contributed by atoms with van der Waals surface area (Å²) in [5.74, 6) is -0.636. The van der Waals surface area contributed by atoms with Crippen molar-refractivity contribution in [3.8, 4) is 0 Å². The van der Waals surface area contributed by atoms with E-state index >= 15 is 0 Å². The van der Waals surface area contributed by atoms with Crippen LogP contribution in [0, 0.1) is 5.92 Å². The highest BCUT2D eigenvalue weighted by Crippen LogP contribution is 2.36. The molecule has 2 aliphatic rings. The van der Waals surface area contributed by atoms with Crippen molar-refractivity contribution in [3.63, 3.8) is 0 Å². The van der Waals surface area contributed by atoms with E-state index in [1.807, 2.05) is 0 Å². The first-order chi connectivity index (χ1) is 7.72. The van der Waals surface area contributed by atoms with E-state index < -0.39 is 6.10 Å². The molecule has 0 aromatic heterocycles. The van der Waals surface area contributed by atoms with Gasteiger partial charge in [0.1, 0.15) is 6.10 Å². The highest BCUT2D eigenvalue weighted by atomic mass is 16.6. The molecule has 3 atom stereocenters. The van der Waals surface area contributed by atoms with Gasteiger partial charge < -0.3 is 9.47 Å². The minimum Gasteiger partial charge on any atom is -0.459 e. The third-order valence-electron chi connectivity index (χ3n) is 3.37. The van der Waals surface area contributed by atoms with Crippen molar-refractivity contribution in [1.82, 2.24) is 0 Å². The van der Waals surface area contributed by atoms with Gasteiger partial charge in [-0.15, -0.1) is 0 Å². The first-order valence-corrected chi connectivity index (χ1v) is 6.12. The summed E-state index contributed by atoms with van der Waals surface area (Å²) in [6, 6.07) is 0. The summed E-state index contributed by atoms with van der Waals surface area (Å²) in [4.78, 5) is 22.5. The van der Waals surface area contributed by atoms with E-state index in [0.29, 0.717) is 6.42 Å². The summed E-state index contributed by atoms with van der Waals surface area (Å²) in [5.41, 5.74) is 0. The molecule has 2 saturated heterocycles. The minimum atomic E-state index is -0.608. The monoisotopic (exact) mass is 226 g/mol. The zero-order chi connectivity index (χ0) is 11.5. The molecule has 2 rings (SSSR count). The van der Waals surface area contributed by atoms with Crippen LogP contribution in [0.1, 0.15) is 45.4 Å². The standard InChI is InChI=1S/C12H18O4/c1-2-3-4-5-6-9-8-7-10(13)16-11(8)12(14)15-9/h8-9,11H,2-7H2,1H3/t8-,9+,11+/m1/s1. The number of carbonyl (C=O) groups excluding carboxylic acids is 2. The minimum absolute atomic E-state index is 0.0263. The highest BCUT2D eigenvalue weighted by molar-refractivity contribution is 5.85. The van der Waals surface area contributed by atoms with Crippen molar-refractivity contribution in [1.29, 1.82) is 0 Å². The van der Waals surface area contributed by atoms with Crippen LogP contribution in [0.25, 0.3) is 0 Å². The van der Waals surface area contributed by atoms with E-state index in [9.17, 15) is 9.59 Å². The van der Waals surface area contributed by atoms with Crippen molar-refractivity contribution >= 4 is 11.9 Å². The quantitative estimate of drug-likeness (QED) is 0.530. The second-order valence-electron chi connectivity index (χ2n) is 4.60. The van der Waals surface area contributed by atoms with E-state index in [-0.39, 0.29) is 24.0 Å². The number of carbonyl (C=O) groups is 2. The Kier molecular flexibility index (Phi) is 3.46. The van der Waals surface area contributed by atoms with Crippen LogP contribution in [0.2, 0.25) is 0 Å². The smallest absolute Gasteiger partial charge is 0.348 e. The summed E-state index contributed by atoms with van der Waals surface area (Å²) in [6.45, 7) is 2.16. The SMILES string of the molecule is CCCCCC[C@@H]1OC(=O)[C@H]2OC(=O)C[C@H]12. The fraction of sp³-hybridized carbons (Fsp3) is 0.833. The van der Waals surface area contributed by atoms with Crippen molar-refractivity contribution in [2.75, 3.05) is 0 Å². The third-order valence-corrected chi connectivity index (χ3v) is 3.37. The molecule has 0 spiro atoms. The van der Waals surface area contributed by atoms with E-state index in [4.69, 9.17) is 9.47 Å². The van der Waals surface area contributed by atoms with Crippen LogP contribution in [-0.4, -0.2) is 24.1 Å². The number of unbranched alkanes of at least 4 members (excludes halogenated alkanes) is 3. The maximum atomic E-state index is 11.4. The maximum absolute atomic E-state index is 11.4. The first kappa shape index (κ1) is 11.4. The number of rotatable bonds is 5. The molecule has 0 bridgehead atoms. The van der Waals surface area contributed by atoms with Crippen LogP contribution in [0.15, 0.2) is 0 Å². The molecule has 16 heavy (non-hydrogen) atoms. The summed E-state index contributed by atoms with van der Waals surface area (Å²) in [5, 5.41) is 0. The molecule has 0 aliphatic carbocycles. The number of ether oxygens (including phenoxy) is 2. The van der Waals surface area contributed by atoms with Gasteiger partial charge >= 0.3 is 11.9 Å². The highest BCUT2D eigenvalue weighted by Gasteiger charge is 2.52. The molecule has 0 saturated carbocycles. The molecular formula is C12H18O4. The Labute approximate surface area is 95.3 Å². The molecule has 0 amide bonds. The summed E-state index contributed by atoms with van der Waals surface area (Å²) in [7, 11) is 0. The molecular weight excluding hydrogens is 208 g/mol. The van der Waals surface area contributed by atoms with E-state index in [1.54, 1.807) is 0 Å². The molecule has 0 unspecified atom stereocenters. The lowest BCUT2D eigenvalue weighted by molar-refractivity contribution is -0.158. The third kappa shape index (κ3) is 2.20. The fourth-order valence-electron chi connectivity index (χ4n) is 2.47. The molecule has 0 radical (unpaired) electrons. The molecule has 4 nitrogen and oxygen atoms in total. The van der Waals surface area contributed by atoms with Crippen LogP contribution in [0.4, 0.5) is 0 Å². The molecule has 0 aromatic rings. The Morgan fingerprint density at radius 1 is 1.19 bits per heavy atom. The lowest BCUT2D eigenvalue weighted by Crippen LogP contribution is -2.20. The van der Waals surface area contributed by atoms with Crippen LogP contribution >= 0.6 is 0 Å². The number of hydrogen-bond donors (Lipinski definition) is 0. The Morgan fingerprint density at radius 2 is 2.00 bits per heavy atom. The summed E-state index contributed by atoms with van der Waals surface area (Å²) in [6.07, 6.45) is 5.13. The average molecular weight is 226 g/mol. The molecule has 2 fully saturated rings. The Balaban J connectivity index is 1.82. The number of fused-ring (bicyclic) bond motifs is 1. The predicted octanol–water partition coefficient (Wildman–Crippen LogP) is 1.81. The number of esters is 2. The number of hydrogen-bond acceptors (Lipinski definition) is 4. The van der Waals surface area contributed by atoms with E-state index in [2.05, 4.69) is 6.92 Å². The Bertz CT molecular complexity index is 287. The normalized spacial score (nSPS) is 32.4. The van der Waals surface area contributed by atoms with Gasteiger partial charge in [-0.3, -0.25) is 4.79 Å². The average Bonchev–Trinajstić information content (AvgIpc) is 2.75. The van der Waals surface area contributed by atoms with E-state index in [1.165, 1.54) is 12.8 Å². The van der Waals surface area contributed by atoms with Gasteiger partial charge in [0.25, 0.3) is 0 Å². The first-order valence-electron chi connectivity index (χ1n) is 6.12. The fourth-order valence-corrected chi connectivity index (χ4v) is 2.47. The van der Waals surface area contributed by atoms with Crippen molar-refractivity contribution in [3.05, 3.63) is 0 Å². The van der Waals surface area contributed by atoms with Crippen LogP contribution in [0.5, 0.6) is 0 Å². The second kappa shape index (κ2) is 4.85. The zero-order valence-electron chi connectivity index (χ0n) is 9.61. The lowest BCUT2D eigenvalue weighted by atomic mass is 9.93. The lowest BCUT2D eigenvalue weighted by Gasteiger charge is -2.13. The van der Waals surface area contributed by atoms with Gasteiger partial charge in [-0.2, -0.15) is 0 Å². The van der Waals surface area contributed by atoms with E-state index in [0.717, 1.165) is 19.3 Å². The van der Waals surface area contributed by atoms with Crippen LogP contribution < -0.4 is 0 Å². The molecule has 90 valence electrons. The molecule has 4 heteroatoms. The number of cyclic esters (lactones) is 1. The van der Waals surface area contributed by atoms with Gasteiger partial charge in [0.15, 0.2) is 0 Å². The molecule has 0 aromatic carbocycles. The predicted molar refractivity (Wildman–Crippen MR) is 56.6 cm³/mol. The van der Waals surface area contributed by atoms with Crippen molar-refractivity contribution in [2.24, 2.45) is 5.92 Å². The van der Waals surface area contributed by atoms with Gasteiger partial charge in [-0.25, -0.2) is 4.79 Å². The Morgan fingerprint density at radius 3 is 2.75 bits per heavy atom. The largest absolute Gasteiger partial charge is 0.459 e. The Hall–Kier alpha value is -1.06. The molecule has 2 heterocycles. The van der Waals surface area contributed by atoms with Gasteiger partial charge in [-0.05, 0) is 12.8 Å². The molecule has 0 N–H and O–H groups in total. The van der Waals surface area contributed by atoms with Crippen molar-refractivity contribution < 1.29 is 19.1 Å². The summed E-state index contributed by atoms with van der Waals surface area (Å²) < 4.78 is 10.2. The van der Waals surface area contributed by atoms with Crippen LogP contribution in [0.3, 0.4) is 0 Å². The molecule has 2 aliphatic heterocycles. The topological polar surface area (TPSA) is 52.6 Å². The second-order valence-corrected chi connectivity index (χ2v) is 4.60. The zero-order valence-corrected chi connectivity index (χ0v) is 9.61. The summed E-state index contributed by atoms with van der Waals surface area (Å²) >= 11 is 0. The van der Waals surface area contributed by atoms with Crippen LogP contribution in [-0.2, 0) is 19.1 Å². The van der Waals surface area contributed by atoms with Crippen molar-refractivity contribution in [2.45, 2.75) is 57.7 Å². The van der Waals surface area contributed by atoms with Gasteiger partial charge in [0.05, 0.1) is 12.3 Å².